The summed E-state index contributed by atoms with van der Waals surface area (Å²) in [6.45, 7) is 4.04. The van der Waals surface area contributed by atoms with Gasteiger partial charge in [-0.3, -0.25) is 9.59 Å². The lowest BCUT2D eigenvalue weighted by atomic mass is 9.80. The van der Waals surface area contributed by atoms with Gasteiger partial charge in [-0.2, -0.15) is 0 Å². The highest BCUT2D eigenvalue weighted by Crippen LogP contribution is 2.28. The molecule has 1 fully saturated rings. The average Bonchev–Trinajstić information content (AvgIpc) is 2.76. The Labute approximate surface area is 122 Å². The number of nitrogens with one attached hydrogen (secondary N) is 2. The van der Waals surface area contributed by atoms with E-state index in [2.05, 4.69) is 16.4 Å². The number of carboxylic acid groups (broad SMARTS) is 1. The molecule has 1 heterocycles. The van der Waals surface area contributed by atoms with Crippen molar-refractivity contribution in [2.24, 2.45) is 5.92 Å². The Kier molecular flexibility index (Phi) is 3.20. The Morgan fingerprint density at radius 3 is 2.62 bits per heavy atom. The van der Waals surface area contributed by atoms with Crippen LogP contribution in [0, 0.1) is 19.8 Å². The Balaban J connectivity index is 1.74. The van der Waals surface area contributed by atoms with Crippen molar-refractivity contribution in [3.63, 3.8) is 0 Å². The highest BCUT2D eigenvalue weighted by Gasteiger charge is 2.35. The Morgan fingerprint density at radius 2 is 1.95 bits per heavy atom. The molecule has 1 aliphatic carbocycles. The van der Waals surface area contributed by atoms with Crippen LogP contribution in [0.3, 0.4) is 0 Å². The van der Waals surface area contributed by atoms with E-state index in [1.807, 2.05) is 26.0 Å². The molecule has 1 aromatic heterocycles. The van der Waals surface area contributed by atoms with Crippen LogP contribution in [0.2, 0.25) is 0 Å². The number of carboxylic acids is 1. The number of aromatic amines is 1. The van der Waals surface area contributed by atoms with Crippen LogP contribution in [0.25, 0.3) is 10.9 Å². The monoisotopic (exact) mass is 286 g/mol. The maximum absolute atomic E-state index is 12.2. The van der Waals surface area contributed by atoms with E-state index in [1.165, 1.54) is 0 Å². The van der Waals surface area contributed by atoms with Gasteiger partial charge in [-0.25, -0.2) is 0 Å². The number of fused-ring (bicyclic) bond motifs is 1. The summed E-state index contributed by atoms with van der Waals surface area (Å²) in [5, 5.41) is 12.8. The van der Waals surface area contributed by atoms with Gasteiger partial charge in [0.15, 0.2) is 0 Å². The van der Waals surface area contributed by atoms with Crippen molar-refractivity contribution in [3.05, 3.63) is 35.0 Å². The van der Waals surface area contributed by atoms with Crippen LogP contribution >= 0.6 is 0 Å². The minimum absolute atomic E-state index is 0.0344. The third kappa shape index (κ3) is 2.51. The van der Waals surface area contributed by atoms with E-state index in [1.54, 1.807) is 0 Å². The molecule has 2 aromatic rings. The standard InChI is InChI=1S/C16H18N2O3/c1-8-3-9(2)12-7-14(18-13(12)4-8)15(19)17-11-5-10(6-11)16(20)21/h3-4,7,10-11,18H,5-6H2,1-2H3,(H,17,19)(H,20,21). The lowest BCUT2D eigenvalue weighted by molar-refractivity contribution is -0.145. The Bertz CT molecular complexity index is 726. The SMILES string of the molecule is Cc1cc(C)c2cc(C(=O)NC3CC(C(=O)O)C3)[nH]c2c1. The molecule has 1 aliphatic rings. The van der Waals surface area contributed by atoms with E-state index < -0.39 is 5.97 Å². The molecule has 0 atom stereocenters. The van der Waals surface area contributed by atoms with Gasteiger partial charge in [0.1, 0.15) is 5.69 Å². The normalized spacial score (nSPS) is 21.0. The van der Waals surface area contributed by atoms with Gasteiger partial charge in [0.2, 0.25) is 0 Å². The van der Waals surface area contributed by atoms with Gasteiger partial charge in [-0.15, -0.1) is 0 Å². The molecule has 21 heavy (non-hydrogen) atoms. The third-order valence-electron chi connectivity index (χ3n) is 4.16. The second kappa shape index (κ2) is 4.91. The molecule has 0 aliphatic heterocycles. The molecule has 3 rings (SSSR count). The van der Waals surface area contributed by atoms with Crippen molar-refractivity contribution >= 4 is 22.8 Å². The van der Waals surface area contributed by atoms with Gasteiger partial charge >= 0.3 is 5.97 Å². The summed E-state index contributed by atoms with van der Waals surface area (Å²) in [5.41, 5.74) is 3.76. The van der Waals surface area contributed by atoms with Crippen molar-refractivity contribution in [2.75, 3.05) is 0 Å². The summed E-state index contributed by atoms with van der Waals surface area (Å²) in [6.07, 6.45) is 1.03. The molecule has 0 bridgehead atoms. The molecule has 1 amide bonds. The fourth-order valence-corrected chi connectivity index (χ4v) is 2.92. The largest absolute Gasteiger partial charge is 0.481 e. The number of rotatable bonds is 3. The number of hydrogen-bond donors (Lipinski definition) is 3. The zero-order chi connectivity index (χ0) is 15.1. The number of aryl methyl sites for hydroxylation is 2. The van der Waals surface area contributed by atoms with Gasteiger partial charge in [0, 0.05) is 16.9 Å². The number of aliphatic carboxylic acids is 1. The average molecular weight is 286 g/mol. The summed E-state index contributed by atoms with van der Waals surface area (Å²) in [5.74, 6) is -1.27. The number of aromatic nitrogens is 1. The molecular weight excluding hydrogens is 268 g/mol. The number of H-pyrrole nitrogens is 1. The quantitative estimate of drug-likeness (QED) is 0.810. The van der Waals surface area contributed by atoms with Crippen LogP contribution in [-0.2, 0) is 4.79 Å². The summed E-state index contributed by atoms with van der Waals surface area (Å²) >= 11 is 0. The zero-order valence-electron chi connectivity index (χ0n) is 12.1. The van der Waals surface area contributed by atoms with E-state index >= 15 is 0 Å². The number of hydrogen-bond acceptors (Lipinski definition) is 2. The molecule has 5 heteroatoms. The van der Waals surface area contributed by atoms with Crippen molar-refractivity contribution < 1.29 is 14.7 Å². The van der Waals surface area contributed by atoms with Crippen LogP contribution in [0.15, 0.2) is 18.2 Å². The molecule has 0 saturated heterocycles. The van der Waals surface area contributed by atoms with E-state index in [9.17, 15) is 9.59 Å². The smallest absolute Gasteiger partial charge is 0.306 e. The highest BCUT2D eigenvalue weighted by molar-refractivity contribution is 5.99. The number of amides is 1. The van der Waals surface area contributed by atoms with Gasteiger partial charge in [-0.05, 0) is 49.9 Å². The topological polar surface area (TPSA) is 82.2 Å². The summed E-state index contributed by atoms with van der Waals surface area (Å²) in [7, 11) is 0. The first-order chi connectivity index (χ1) is 9.94. The summed E-state index contributed by atoms with van der Waals surface area (Å²) in [4.78, 5) is 26.1. The van der Waals surface area contributed by atoms with Crippen molar-refractivity contribution in [1.29, 1.82) is 0 Å². The molecule has 0 unspecified atom stereocenters. The molecule has 0 spiro atoms. The molecule has 5 nitrogen and oxygen atoms in total. The van der Waals surface area contributed by atoms with Gasteiger partial charge in [-0.1, -0.05) is 6.07 Å². The molecule has 3 N–H and O–H groups in total. The molecule has 0 radical (unpaired) electrons. The Hall–Kier alpha value is -2.30. The second-order valence-electron chi connectivity index (χ2n) is 5.90. The number of benzene rings is 1. The van der Waals surface area contributed by atoms with Crippen LogP contribution < -0.4 is 5.32 Å². The number of carbonyl (C=O) groups excluding carboxylic acids is 1. The van der Waals surface area contributed by atoms with E-state index in [4.69, 9.17) is 5.11 Å². The van der Waals surface area contributed by atoms with Gasteiger partial charge in [0.05, 0.1) is 5.92 Å². The maximum Gasteiger partial charge on any atom is 0.306 e. The highest BCUT2D eigenvalue weighted by atomic mass is 16.4. The summed E-state index contributed by atoms with van der Waals surface area (Å²) in [6, 6.07) is 5.92. The Morgan fingerprint density at radius 1 is 1.24 bits per heavy atom. The molecule has 110 valence electrons. The molecule has 1 aromatic carbocycles. The van der Waals surface area contributed by atoms with Crippen LogP contribution in [0.5, 0.6) is 0 Å². The zero-order valence-corrected chi connectivity index (χ0v) is 12.1. The third-order valence-corrected chi connectivity index (χ3v) is 4.16. The lowest BCUT2D eigenvalue weighted by Crippen LogP contribution is -2.46. The van der Waals surface area contributed by atoms with Gasteiger partial charge in [0.25, 0.3) is 5.91 Å². The van der Waals surface area contributed by atoms with E-state index in [-0.39, 0.29) is 17.9 Å². The minimum atomic E-state index is -0.780. The van der Waals surface area contributed by atoms with E-state index in [0.29, 0.717) is 18.5 Å². The second-order valence-corrected chi connectivity index (χ2v) is 5.90. The first-order valence-electron chi connectivity index (χ1n) is 7.07. The first-order valence-corrected chi connectivity index (χ1v) is 7.07. The predicted octanol–water partition coefficient (Wildman–Crippen LogP) is 2.38. The fraction of sp³-hybridized carbons (Fsp3) is 0.375. The van der Waals surface area contributed by atoms with Crippen LogP contribution in [0.1, 0.15) is 34.5 Å². The van der Waals surface area contributed by atoms with Crippen molar-refractivity contribution in [2.45, 2.75) is 32.7 Å². The molecule has 1 saturated carbocycles. The van der Waals surface area contributed by atoms with Gasteiger partial charge < -0.3 is 15.4 Å². The van der Waals surface area contributed by atoms with Crippen molar-refractivity contribution in [1.82, 2.24) is 10.3 Å². The first kappa shape index (κ1) is 13.7. The summed E-state index contributed by atoms with van der Waals surface area (Å²) < 4.78 is 0. The van der Waals surface area contributed by atoms with E-state index in [0.717, 1.165) is 22.0 Å². The van der Waals surface area contributed by atoms with Crippen molar-refractivity contribution in [3.8, 4) is 0 Å². The van der Waals surface area contributed by atoms with Crippen LogP contribution in [0.4, 0.5) is 0 Å². The fourth-order valence-electron chi connectivity index (χ4n) is 2.92. The maximum atomic E-state index is 12.2. The number of carbonyl (C=O) groups is 2. The minimum Gasteiger partial charge on any atom is -0.481 e. The lowest BCUT2D eigenvalue weighted by Gasteiger charge is -2.32. The predicted molar refractivity (Wildman–Crippen MR) is 79.4 cm³/mol. The molecular formula is C16H18N2O3. The van der Waals surface area contributed by atoms with Crippen LogP contribution in [-0.4, -0.2) is 28.0 Å².